The number of aromatic nitrogens is 2. The Kier molecular flexibility index (Phi) is 5.73. The van der Waals surface area contributed by atoms with Crippen molar-refractivity contribution in [3.63, 3.8) is 0 Å². The summed E-state index contributed by atoms with van der Waals surface area (Å²) in [6.07, 6.45) is 8.21. The Labute approximate surface area is 174 Å². The minimum Gasteiger partial charge on any atom is -0.497 e. The molecule has 0 amide bonds. The lowest BCUT2D eigenvalue weighted by Gasteiger charge is -2.22. The minimum absolute atomic E-state index is 0.765. The van der Waals surface area contributed by atoms with Gasteiger partial charge >= 0.3 is 0 Å². The first-order chi connectivity index (χ1) is 14.2. The molecule has 29 heavy (non-hydrogen) atoms. The maximum absolute atomic E-state index is 5.48. The molecule has 2 heterocycles. The number of thiazole rings is 1. The average Bonchev–Trinajstić information content (AvgIpc) is 3.21. The van der Waals surface area contributed by atoms with Crippen molar-refractivity contribution in [3.05, 3.63) is 83.6 Å². The maximum atomic E-state index is 5.48. The predicted molar refractivity (Wildman–Crippen MR) is 120 cm³/mol. The molecule has 0 aliphatic rings. The molecule has 0 spiro atoms. The largest absolute Gasteiger partial charge is 0.497 e. The number of rotatable bonds is 7. The number of methoxy groups -OCH3 is 1. The second kappa shape index (κ2) is 8.76. The quantitative estimate of drug-likeness (QED) is 0.413. The predicted octanol–water partition coefficient (Wildman–Crippen LogP) is 4.93. The van der Waals surface area contributed by atoms with Gasteiger partial charge in [0.05, 0.1) is 7.11 Å². The monoisotopic (exact) mass is 399 g/mol. The van der Waals surface area contributed by atoms with Gasteiger partial charge in [0, 0.05) is 24.8 Å². The van der Waals surface area contributed by atoms with Crippen LogP contribution in [-0.2, 0) is 13.0 Å². The van der Waals surface area contributed by atoms with Crippen LogP contribution in [-0.4, -0.2) is 23.6 Å². The fourth-order valence-corrected chi connectivity index (χ4v) is 4.05. The molecule has 4 nitrogen and oxygen atoms in total. The van der Waals surface area contributed by atoms with Gasteiger partial charge in [0.2, 0.25) is 0 Å². The van der Waals surface area contributed by atoms with Crippen LogP contribution in [0.5, 0.6) is 5.75 Å². The summed E-state index contributed by atoms with van der Waals surface area (Å²) in [4.78, 5) is 12.5. The van der Waals surface area contributed by atoms with E-state index in [1.807, 2.05) is 42.6 Å². The van der Waals surface area contributed by atoms with Crippen LogP contribution in [0.15, 0.2) is 66.9 Å². The van der Waals surface area contributed by atoms with Gasteiger partial charge in [-0.05, 0) is 53.9 Å². The van der Waals surface area contributed by atoms with Crippen molar-refractivity contribution in [1.82, 2.24) is 9.97 Å². The van der Waals surface area contributed by atoms with Crippen molar-refractivity contribution >= 4 is 26.8 Å². The van der Waals surface area contributed by atoms with E-state index in [1.165, 1.54) is 11.1 Å². The summed E-state index contributed by atoms with van der Waals surface area (Å²) in [7, 11) is 1.68. The number of nitrogens with zero attached hydrogens (tertiary/aromatic N) is 3. The Morgan fingerprint density at radius 2 is 1.79 bits per heavy atom. The summed E-state index contributed by atoms with van der Waals surface area (Å²) < 4.78 is 5.26. The van der Waals surface area contributed by atoms with Crippen molar-refractivity contribution in [2.75, 3.05) is 18.6 Å². The molecule has 144 valence electrons. The van der Waals surface area contributed by atoms with Gasteiger partial charge in [-0.1, -0.05) is 41.5 Å². The van der Waals surface area contributed by atoms with Gasteiger partial charge in [0.25, 0.3) is 0 Å². The molecular formula is C24H21N3OS. The van der Waals surface area contributed by atoms with E-state index in [4.69, 9.17) is 16.1 Å². The van der Waals surface area contributed by atoms with E-state index in [0.29, 0.717) is 0 Å². The summed E-state index contributed by atoms with van der Waals surface area (Å²) in [6.45, 7) is 1.61. The van der Waals surface area contributed by atoms with E-state index < -0.39 is 0 Å². The van der Waals surface area contributed by atoms with Crippen molar-refractivity contribution in [3.8, 4) is 18.1 Å². The lowest BCUT2D eigenvalue weighted by molar-refractivity contribution is 0.414. The molecule has 0 saturated heterocycles. The highest BCUT2D eigenvalue weighted by atomic mass is 32.1. The highest BCUT2D eigenvalue weighted by molar-refractivity contribution is 7.21. The van der Waals surface area contributed by atoms with Gasteiger partial charge < -0.3 is 9.64 Å². The molecule has 0 fully saturated rings. The zero-order chi connectivity index (χ0) is 20.1. The molecule has 5 heteroatoms. The van der Waals surface area contributed by atoms with Crippen molar-refractivity contribution in [2.24, 2.45) is 0 Å². The number of hydrogen-bond acceptors (Lipinski definition) is 5. The first-order valence-corrected chi connectivity index (χ1v) is 10.2. The van der Waals surface area contributed by atoms with E-state index >= 15 is 0 Å². The number of fused-ring (bicyclic) bond motifs is 1. The number of anilines is 1. The standard InChI is InChI=1S/C24H21N3OS/c1-3-18-6-8-20(9-7-18)17-27(16-14-19-10-12-21(28-2)13-11-19)24-26-22-5-4-15-25-23(22)29-24/h1,4-13,15H,14,16-17H2,2H3. The van der Waals surface area contributed by atoms with E-state index in [1.54, 1.807) is 18.4 Å². The summed E-state index contributed by atoms with van der Waals surface area (Å²) in [5, 5.41) is 0.980. The van der Waals surface area contributed by atoms with Gasteiger partial charge in [0.15, 0.2) is 5.13 Å². The van der Waals surface area contributed by atoms with Crippen LogP contribution in [0, 0.1) is 12.3 Å². The van der Waals surface area contributed by atoms with Crippen LogP contribution in [0.3, 0.4) is 0 Å². The van der Waals surface area contributed by atoms with Crippen molar-refractivity contribution in [2.45, 2.75) is 13.0 Å². The third kappa shape index (κ3) is 4.56. The molecule has 0 unspecified atom stereocenters. The smallest absolute Gasteiger partial charge is 0.188 e. The lowest BCUT2D eigenvalue weighted by Crippen LogP contribution is -2.25. The first-order valence-electron chi connectivity index (χ1n) is 9.40. The van der Waals surface area contributed by atoms with Gasteiger partial charge in [-0.3, -0.25) is 0 Å². The molecule has 4 aromatic rings. The maximum Gasteiger partial charge on any atom is 0.188 e. The van der Waals surface area contributed by atoms with Crippen LogP contribution in [0.1, 0.15) is 16.7 Å². The Balaban J connectivity index is 1.57. The van der Waals surface area contributed by atoms with Crippen molar-refractivity contribution in [1.29, 1.82) is 0 Å². The topological polar surface area (TPSA) is 38.2 Å². The van der Waals surface area contributed by atoms with Crippen LogP contribution < -0.4 is 9.64 Å². The summed E-state index contributed by atoms with van der Waals surface area (Å²) >= 11 is 1.62. The molecule has 2 aromatic heterocycles. The Morgan fingerprint density at radius 3 is 2.48 bits per heavy atom. The normalized spacial score (nSPS) is 10.6. The molecule has 0 atom stereocenters. The zero-order valence-electron chi connectivity index (χ0n) is 16.2. The Morgan fingerprint density at radius 1 is 1.03 bits per heavy atom. The highest BCUT2D eigenvalue weighted by Crippen LogP contribution is 2.28. The van der Waals surface area contributed by atoms with Gasteiger partial charge in [-0.25, -0.2) is 9.97 Å². The van der Waals surface area contributed by atoms with E-state index in [0.717, 1.165) is 46.3 Å². The summed E-state index contributed by atoms with van der Waals surface area (Å²) in [5.74, 6) is 3.54. The van der Waals surface area contributed by atoms with Crippen LogP contribution in [0.25, 0.3) is 10.3 Å². The average molecular weight is 400 g/mol. The van der Waals surface area contributed by atoms with Gasteiger partial charge in [0.1, 0.15) is 16.1 Å². The molecule has 0 bridgehead atoms. The zero-order valence-corrected chi connectivity index (χ0v) is 17.0. The summed E-state index contributed by atoms with van der Waals surface area (Å²) in [6, 6.07) is 20.3. The highest BCUT2D eigenvalue weighted by Gasteiger charge is 2.14. The van der Waals surface area contributed by atoms with Crippen LogP contribution in [0.4, 0.5) is 5.13 Å². The fraction of sp³-hybridized carbons (Fsp3) is 0.167. The second-order valence-corrected chi connectivity index (χ2v) is 7.64. The Hall–Kier alpha value is -3.36. The Bertz CT molecular complexity index is 1090. The number of pyridine rings is 1. The third-order valence-corrected chi connectivity index (χ3v) is 5.79. The second-order valence-electron chi connectivity index (χ2n) is 6.69. The first kappa shape index (κ1) is 19.0. The molecule has 0 N–H and O–H groups in total. The molecule has 0 aliphatic heterocycles. The molecule has 0 aliphatic carbocycles. The van der Waals surface area contributed by atoms with Crippen LogP contribution >= 0.6 is 11.3 Å². The lowest BCUT2D eigenvalue weighted by atomic mass is 10.1. The molecule has 0 radical (unpaired) electrons. The minimum atomic E-state index is 0.765. The van der Waals surface area contributed by atoms with Gasteiger partial charge in [-0.15, -0.1) is 6.42 Å². The number of hydrogen-bond donors (Lipinski definition) is 0. The van der Waals surface area contributed by atoms with Crippen molar-refractivity contribution < 1.29 is 4.74 Å². The summed E-state index contributed by atoms with van der Waals surface area (Å²) in [5.41, 5.74) is 4.29. The van der Waals surface area contributed by atoms with E-state index in [2.05, 4.69) is 40.1 Å². The van der Waals surface area contributed by atoms with E-state index in [9.17, 15) is 0 Å². The molecule has 0 saturated carbocycles. The molecular weight excluding hydrogens is 378 g/mol. The number of benzene rings is 2. The fourth-order valence-electron chi connectivity index (χ4n) is 3.12. The van der Waals surface area contributed by atoms with Crippen LogP contribution in [0.2, 0.25) is 0 Å². The number of ether oxygens (including phenoxy) is 1. The third-order valence-electron chi connectivity index (χ3n) is 4.75. The SMILES string of the molecule is C#Cc1ccc(CN(CCc2ccc(OC)cc2)c2nc3cccnc3s2)cc1. The van der Waals surface area contributed by atoms with E-state index in [-0.39, 0.29) is 0 Å². The number of terminal acetylenes is 1. The molecule has 2 aromatic carbocycles. The molecule has 4 rings (SSSR count). The van der Waals surface area contributed by atoms with Gasteiger partial charge in [-0.2, -0.15) is 0 Å².